The minimum absolute atomic E-state index is 0.104. The van der Waals surface area contributed by atoms with Crippen molar-refractivity contribution in [3.63, 3.8) is 0 Å². The number of halogens is 1. The van der Waals surface area contributed by atoms with E-state index in [9.17, 15) is 18.0 Å². The van der Waals surface area contributed by atoms with E-state index in [-0.39, 0.29) is 23.9 Å². The molecular weight excluding hydrogens is 530 g/mol. The molecule has 9 nitrogen and oxygen atoms in total. The lowest BCUT2D eigenvalue weighted by molar-refractivity contribution is -0.141. The molecule has 1 atom stereocenters. The van der Waals surface area contributed by atoms with Crippen LogP contribution in [0.3, 0.4) is 0 Å². The lowest BCUT2D eigenvalue weighted by Gasteiger charge is -2.35. The molecule has 1 aliphatic heterocycles. The van der Waals surface area contributed by atoms with Crippen molar-refractivity contribution in [3.8, 4) is 11.5 Å². The average molecular weight is 566 g/mol. The zero-order valence-corrected chi connectivity index (χ0v) is 24.1. The Morgan fingerprint density at radius 1 is 1.03 bits per heavy atom. The smallest absolute Gasteiger partial charge is 0.244 e. The van der Waals surface area contributed by atoms with Gasteiger partial charge < -0.3 is 19.7 Å². The molecule has 0 radical (unpaired) electrons. The number of carbonyl (C=O) groups is 2. The minimum Gasteiger partial charge on any atom is -0.486 e. The number of amides is 2. The molecule has 1 aliphatic rings. The van der Waals surface area contributed by atoms with Crippen molar-refractivity contribution in [2.75, 3.05) is 29.8 Å². The molecule has 2 aromatic carbocycles. The van der Waals surface area contributed by atoms with Crippen LogP contribution in [0, 0.1) is 0 Å². The van der Waals surface area contributed by atoms with Gasteiger partial charge in [-0.1, -0.05) is 30.7 Å². The fourth-order valence-electron chi connectivity index (χ4n) is 4.07. The third-order valence-electron chi connectivity index (χ3n) is 5.94. The van der Waals surface area contributed by atoms with E-state index in [1.807, 2.05) is 27.7 Å². The first-order valence-corrected chi connectivity index (χ1v) is 14.6. The maximum atomic E-state index is 13.9. The van der Waals surface area contributed by atoms with Crippen molar-refractivity contribution in [1.29, 1.82) is 0 Å². The van der Waals surface area contributed by atoms with Crippen molar-refractivity contribution in [2.24, 2.45) is 0 Å². The van der Waals surface area contributed by atoms with Gasteiger partial charge in [0.25, 0.3) is 0 Å². The van der Waals surface area contributed by atoms with Crippen molar-refractivity contribution in [3.05, 3.63) is 53.1 Å². The van der Waals surface area contributed by atoms with E-state index in [2.05, 4.69) is 5.32 Å². The summed E-state index contributed by atoms with van der Waals surface area (Å²) in [6.07, 6.45) is 0.339. The summed E-state index contributed by atoms with van der Waals surface area (Å²) < 4.78 is 38.6. The molecule has 0 bridgehead atoms. The zero-order valence-electron chi connectivity index (χ0n) is 22.5. The molecule has 11 heteroatoms. The van der Waals surface area contributed by atoms with Crippen molar-refractivity contribution >= 4 is 39.1 Å². The number of ether oxygens (including phenoxy) is 2. The topological polar surface area (TPSA) is 105 Å². The van der Waals surface area contributed by atoms with Crippen LogP contribution < -0.4 is 19.1 Å². The van der Waals surface area contributed by atoms with E-state index in [1.54, 1.807) is 42.5 Å². The first-order chi connectivity index (χ1) is 17.8. The number of fused-ring (bicyclic) bond motifs is 1. The van der Waals surface area contributed by atoms with Crippen LogP contribution in [0.1, 0.15) is 46.6 Å². The first kappa shape index (κ1) is 29.6. The second kappa shape index (κ2) is 12.3. The Morgan fingerprint density at radius 2 is 1.66 bits per heavy atom. The number of nitrogens with zero attached hydrogens (tertiary/aromatic N) is 2. The minimum atomic E-state index is -3.86. The van der Waals surface area contributed by atoms with Crippen LogP contribution in [0.15, 0.2) is 42.5 Å². The van der Waals surface area contributed by atoms with Crippen LogP contribution in [-0.4, -0.2) is 62.2 Å². The molecule has 0 aromatic heterocycles. The van der Waals surface area contributed by atoms with Crippen molar-refractivity contribution < 1.29 is 27.5 Å². The fraction of sp³-hybridized carbons (Fsp3) is 0.481. The van der Waals surface area contributed by atoms with Gasteiger partial charge in [0.2, 0.25) is 21.8 Å². The normalized spacial score (nSPS) is 13.9. The Kier molecular flexibility index (Phi) is 9.54. The molecule has 208 valence electrons. The average Bonchev–Trinajstić information content (AvgIpc) is 2.86. The predicted molar refractivity (Wildman–Crippen MR) is 148 cm³/mol. The Hall–Kier alpha value is -2.98. The van der Waals surface area contributed by atoms with E-state index in [0.717, 1.165) is 9.87 Å². The number of sulfonamides is 1. The highest BCUT2D eigenvalue weighted by Gasteiger charge is 2.34. The Bertz CT molecular complexity index is 1240. The molecule has 0 spiro atoms. The molecule has 3 rings (SSSR count). The molecule has 1 heterocycles. The third kappa shape index (κ3) is 7.54. The molecule has 1 N–H and O–H groups in total. The second-order valence-electron chi connectivity index (χ2n) is 10.0. The highest BCUT2D eigenvalue weighted by molar-refractivity contribution is 7.92. The molecule has 0 saturated carbocycles. The summed E-state index contributed by atoms with van der Waals surface area (Å²) in [4.78, 5) is 28.6. The summed E-state index contributed by atoms with van der Waals surface area (Å²) in [5, 5.41) is 3.49. The van der Waals surface area contributed by atoms with Crippen molar-refractivity contribution in [1.82, 2.24) is 10.2 Å². The summed E-state index contributed by atoms with van der Waals surface area (Å²) in [6.45, 7) is 9.28. The maximum Gasteiger partial charge on any atom is 0.244 e. The number of benzene rings is 2. The molecule has 0 aliphatic carbocycles. The van der Waals surface area contributed by atoms with Crippen LogP contribution in [0.4, 0.5) is 5.69 Å². The van der Waals surface area contributed by atoms with E-state index >= 15 is 0 Å². The zero-order chi connectivity index (χ0) is 28.1. The Morgan fingerprint density at radius 3 is 2.24 bits per heavy atom. The number of nitrogens with one attached hydrogen (secondary N) is 1. The van der Waals surface area contributed by atoms with Crippen LogP contribution >= 0.6 is 11.6 Å². The molecule has 2 amide bonds. The van der Waals surface area contributed by atoms with Gasteiger partial charge in [-0.3, -0.25) is 13.9 Å². The van der Waals surface area contributed by atoms with Gasteiger partial charge in [-0.05, 0) is 63.9 Å². The van der Waals surface area contributed by atoms with Gasteiger partial charge >= 0.3 is 0 Å². The van der Waals surface area contributed by atoms with E-state index in [4.69, 9.17) is 21.1 Å². The quantitative estimate of drug-likeness (QED) is 0.467. The highest BCUT2D eigenvalue weighted by atomic mass is 35.5. The fourth-order valence-corrected chi connectivity index (χ4v) is 5.25. The maximum absolute atomic E-state index is 13.9. The van der Waals surface area contributed by atoms with Gasteiger partial charge in [0.15, 0.2) is 11.5 Å². The lowest BCUT2D eigenvalue weighted by atomic mass is 10.1. The summed E-state index contributed by atoms with van der Waals surface area (Å²) in [6, 6.07) is 10.9. The van der Waals surface area contributed by atoms with Gasteiger partial charge in [-0.25, -0.2) is 8.42 Å². The summed E-state index contributed by atoms with van der Waals surface area (Å²) in [7, 11) is -3.86. The molecule has 1 unspecified atom stereocenters. The third-order valence-corrected chi connectivity index (χ3v) is 7.94. The van der Waals surface area contributed by atoms with E-state index < -0.39 is 34.1 Å². The summed E-state index contributed by atoms with van der Waals surface area (Å²) >= 11 is 6.04. The van der Waals surface area contributed by atoms with Gasteiger partial charge in [0.05, 0.1) is 11.4 Å². The number of anilines is 1. The van der Waals surface area contributed by atoms with Gasteiger partial charge in [-0.15, -0.1) is 0 Å². The van der Waals surface area contributed by atoms with Crippen LogP contribution in [0.2, 0.25) is 5.02 Å². The number of hydrogen-bond acceptors (Lipinski definition) is 6. The van der Waals surface area contributed by atoms with Crippen molar-refractivity contribution in [2.45, 2.75) is 59.2 Å². The highest BCUT2D eigenvalue weighted by Crippen LogP contribution is 2.35. The Balaban J connectivity index is 1.99. The number of carbonyl (C=O) groups excluding carboxylic acids is 2. The largest absolute Gasteiger partial charge is 0.486 e. The second-order valence-corrected chi connectivity index (χ2v) is 12.7. The standard InChI is InChI=1S/C27H36ClN3O6S/c1-6-22(26(33)29-27(3,4)5)30(17-19-8-10-20(28)11-9-19)25(32)18-31(38(34,35)7-2)21-12-13-23-24(16-21)37-15-14-36-23/h8-13,16,22H,6-7,14-15,17-18H2,1-5H3,(H,29,33). The molecule has 38 heavy (non-hydrogen) atoms. The molecule has 0 saturated heterocycles. The summed E-state index contributed by atoms with van der Waals surface area (Å²) in [5.74, 6) is -0.122. The number of hydrogen-bond donors (Lipinski definition) is 1. The first-order valence-electron chi connectivity index (χ1n) is 12.6. The monoisotopic (exact) mass is 565 g/mol. The summed E-state index contributed by atoms with van der Waals surface area (Å²) in [5.41, 5.74) is 0.527. The number of rotatable bonds is 10. The molecule has 2 aromatic rings. The van der Waals surface area contributed by atoms with Crippen LogP contribution in [0.25, 0.3) is 0 Å². The van der Waals surface area contributed by atoms with Crippen LogP contribution in [-0.2, 0) is 26.2 Å². The Labute approximate surface area is 230 Å². The van der Waals surface area contributed by atoms with Gasteiger partial charge in [0.1, 0.15) is 25.8 Å². The van der Waals surface area contributed by atoms with Crippen LogP contribution in [0.5, 0.6) is 11.5 Å². The van der Waals surface area contributed by atoms with E-state index in [0.29, 0.717) is 36.2 Å². The van der Waals surface area contributed by atoms with Gasteiger partial charge in [-0.2, -0.15) is 0 Å². The predicted octanol–water partition coefficient (Wildman–Crippen LogP) is 3.99. The molecule has 0 fully saturated rings. The SMILES string of the molecule is CCC(C(=O)NC(C)(C)C)N(Cc1ccc(Cl)cc1)C(=O)CN(c1ccc2c(c1)OCCO2)S(=O)(=O)CC. The van der Waals surface area contributed by atoms with E-state index in [1.165, 1.54) is 11.8 Å². The molecular formula is C27H36ClN3O6S. The van der Waals surface area contributed by atoms with Gasteiger partial charge in [0, 0.05) is 23.2 Å². The lowest BCUT2D eigenvalue weighted by Crippen LogP contribution is -2.55.